The van der Waals surface area contributed by atoms with Gasteiger partial charge < -0.3 is 14.4 Å². The van der Waals surface area contributed by atoms with Gasteiger partial charge in [0, 0.05) is 22.2 Å². The Kier molecular flexibility index (Phi) is 7.65. The molecule has 1 atom stereocenters. The molecule has 4 rings (SSSR count). The first-order valence-corrected chi connectivity index (χ1v) is 11.7. The van der Waals surface area contributed by atoms with E-state index in [9.17, 15) is 14.0 Å². The number of nitrogens with one attached hydrogen (secondary N) is 1. The number of carbonyl (C=O) groups excluding carboxylic acids is 1. The summed E-state index contributed by atoms with van der Waals surface area (Å²) in [5.41, 5.74) is 2.39. The number of amides is 1. The molecule has 0 aliphatic rings. The highest BCUT2D eigenvalue weighted by Gasteiger charge is 2.21. The third kappa shape index (κ3) is 6.08. The molecule has 2 heterocycles. The average molecular weight is 508 g/mol. The Balaban J connectivity index is 1.43. The van der Waals surface area contributed by atoms with E-state index in [4.69, 9.17) is 14.4 Å². The lowest BCUT2D eigenvalue weighted by Gasteiger charge is -2.15. The Morgan fingerprint density at radius 2 is 1.89 bits per heavy atom. The second-order valence-corrected chi connectivity index (χ2v) is 8.95. The molecule has 0 saturated carbocycles. The molecule has 2 N–H and O–H groups in total. The zero-order valence-electron chi connectivity index (χ0n) is 19.4. The smallest absolute Gasteiger partial charge is 0.412 e. The molecule has 184 valence electrons. The fourth-order valence-electron chi connectivity index (χ4n) is 3.43. The van der Waals surface area contributed by atoms with Crippen molar-refractivity contribution in [2.75, 3.05) is 5.32 Å². The fourth-order valence-corrected chi connectivity index (χ4v) is 4.18. The van der Waals surface area contributed by atoms with Crippen LogP contribution in [0.2, 0.25) is 0 Å². The maximum absolute atomic E-state index is 14.0. The molecular weight excluding hydrogens is 485 g/mol. The molecule has 1 amide bonds. The molecule has 36 heavy (non-hydrogen) atoms. The van der Waals surface area contributed by atoms with Crippen LogP contribution in [0.25, 0.3) is 11.3 Å². The maximum atomic E-state index is 14.0. The minimum Gasteiger partial charge on any atom is -0.481 e. The van der Waals surface area contributed by atoms with Crippen LogP contribution in [0.3, 0.4) is 0 Å². The van der Waals surface area contributed by atoms with Crippen LogP contribution < -0.4 is 5.32 Å². The predicted molar refractivity (Wildman–Crippen MR) is 131 cm³/mol. The molecule has 8 nitrogen and oxygen atoms in total. The van der Waals surface area contributed by atoms with Gasteiger partial charge in [-0.15, -0.1) is 0 Å². The first-order valence-electron chi connectivity index (χ1n) is 10.9. The summed E-state index contributed by atoms with van der Waals surface area (Å²) in [6, 6.07) is 17.0. The zero-order chi connectivity index (χ0) is 25.7. The lowest BCUT2D eigenvalue weighted by Crippen LogP contribution is -2.17. The van der Waals surface area contributed by atoms with E-state index in [2.05, 4.69) is 15.5 Å². The standard InChI is InChI=1S/C26H22FN3O5S/c1-15(20-5-3-4-6-21(20)27)34-26(33)29-24-16(2)35-30-25(24)18-8-10-19(11-9-18)36-22-12-7-17(14-28-22)13-23(31)32/h3-12,14-15H,13H2,1-2H3,(H,29,33)(H,31,32). The van der Waals surface area contributed by atoms with Crippen LogP contribution in [0, 0.1) is 12.7 Å². The van der Waals surface area contributed by atoms with Gasteiger partial charge >= 0.3 is 12.1 Å². The van der Waals surface area contributed by atoms with E-state index in [0.29, 0.717) is 28.3 Å². The summed E-state index contributed by atoms with van der Waals surface area (Å²) in [6.45, 7) is 3.25. The summed E-state index contributed by atoms with van der Waals surface area (Å²) < 4.78 is 24.6. The first kappa shape index (κ1) is 24.9. The maximum Gasteiger partial charge on any atom is 0.412 e. The minimum atomic E-state index is -0.905. The third-order valence-corrected chi connectivity index (χ3v) is 6.18. The van der Waals surface area contributed by atoms with Crippen LogP contribution in [-0.2, 0) is 16.0 Å². The highest BCUT2D eigenvalue weighted by Crippen LogP contribution is 2.33. The van der Waals surface area contributed by atoms with Crippen molar-refractivity contribution in [2.45, 2.75) is 36.3 Å². The highest BCUT2D eigenvalue weighted by molar-refractivity contribution is 7.99. The van der Waals surface area contributed by atoms with Gasteiger partial charge in [-0.3, -0.25) is 10.1 Å². The molecule has 0 bridgehead atoms. The Labute approximate surface area is 210 Å². The lowest BCUT2D eigenvalue weighted by atomic mass is 10.1. The van der Waals surface area contributed by atoms with Gasteiger partial charge in [0.15, 0.2) is 5.76 Å². The van der Waals surface area contributed by atoms with E-state index in [-0.39, 0.29) is 12.0 Å². The highest BCUT2D eigenvalue weighted by atomic mass is 32.2. The molecule has 0 aliphatic heterocycles. The molecule has 2 aromatic heterocycles. The van der Waals surface area contributed by atoms with Crippen LogP contribution in [0.1, 0.15) is 29.9 Å². The van der Waals surface area contributed by atoms with Gasteiger partial charge in [0.1, 0.15) is 28.3 Å². The zero-order valence-corrected chi connectivity index (χ0v) is 20.2. The fraction of sp³-hybridized carbons (Fsp3) is 0.154. The van der Waals surface area contributed by atoms with Crippen LogP contribution in [0.5, 0.6) is 0 Å². The summed E-state index contributed by atoms with van der Waals surface area (Å²) in [5.74, 6) is -0.966. The Morgan fingerprint density at radius 3 is 2.56 bits per heavy atom. The second kappa shape index (κ2) is 11.0. The number of ether oxygens (including phenoxy) is 1. The topological polar surface area (TPSA) is 115 Å². The lowest BCUT2D eigenvalue weighted by molar-refractivity contribution is -0.136. The van der Waals surface area contributed by atoms with E-state index in [0.717, 1.165) is 9.92 Å². The Morgan fingerprint density at radius 1 is 1.14 bits per heavy atom. The molecule has 0 fully saturated rings. The van der Waals surface area contributed by atoms with Gasteiger partial charge in [0.05, 0.1) is 6.42 Å². The largest absolute Gasteiger partial charge is 0.481 e. The van der Waals surface area contributed by atoms with Gasteiger partial charge in [-0.2, -0.15) is 0 Å². The number of benzene rings is 2. The van der Waals surface area contributed by atoms with Crippen molar-refractivity contribution in [3.05, 3.63) is 89.6 Å². The van der Waals surface area contributed by atoms with Gasteiger partial charge in [-0.1, -0.05) is 53.3 Å². The third-order valence-electron chi connectivity index (χ3n) is 5.22. The number of carbonyl (C=O) groups is 2. The predicted octanol–water partition coefficient (Wildman–Crippen LogP) is 6.27. The van der Waals surface area contributed by atoms with Gasteiger partial charge in [0.2, 0.25) is 0 Å². The summed E-state index contributed by atoms with van der Waals surface area (Å²) in [5, 5.41) is 16.3. The van der Waals surface area contributed by atoms with Crippen molar-refractivity contribution >= 4 is 29.5 Å². The Hall–Kier alpha value is -4.18. The van der Waals surface area contributed by atoms with Crippen molar-refractivity contribution < 1.29 is 28.3 Å². The summed E-state index contributed by atoms with van der Waals surface area (Å²) in [4.78, 5) is 28.5. The number of aromatic nitrogens is 2. The molecule has 1 unspecified atom stereocenters. The number of anilines is 1. The van der Waals surface area contributed by atoms with E-state index in [1.54, 1.807) is 50.4 Å². The summed E-state index contributed by atoms with van der Waals surface area (Å²) in [6.07, 6.45) is -0.0798. The van der Waals surface area contributed by atoms with Crippen molar-refractivity contribution in [3.63, 3.8) is 0 Å². The van der Waals surface area contributed by atoms with Gasteiger partial charge in [-0.05, 0) is 43.7 Å². The van der Waals surface area contributed by atoms with Crippen LogP contribution in [-0.4, -0.2) is 27.3 Å². The quantitative estimate of drug-likeness (QED) is 0.287. The average Bonchev–Trinajstić information content (AvgIpc) is 3.20. The van der Waals surface area contributed by atoms with E-state index in [1.165, 1.54) is 17.8 Å². The molecule has 4 aromatic rings. The number of aliphatic carboxylic acids is 1. The van der Waals surface area contributed by atoms with Crippen LogP contribution >= 0.6 is 11.8 Å². The van der Waals surface area contributed by atoms with Crippen molar-refractivity contribution in [1.29, 1.82) is 0 Å². The number of rotatable bonds is 8. The Bertz CT molecular complexity index is 1370. The molecule has 0 radical (unpaired) electrons. The first-order chi connectivity index (χ1) is 17.3. The molecule has 2 aromatic carbocycles. The molecular formula is C26H22FN3O5S. The number of nitrogens with zero attached hydrogens (tertiary/aromatic N) is 2. The number of carboxylic acids is 1. The van der Waals surface area contributed by atoms with Crippen molar-refractivity contribution in [3.8, 4) is 11.3 Å². The molecule has 0 saturated heterocycles. The SMILES string of the molecule is Cc1onc(-c2ccc(Sc3ccc(CC(=O)O)cn3)cc2)c1NC(=O)OC(C)c1ccccc1F. The van der Waals surface area contributed by atoms with Gasteiger partial charge in [0.25, 0.3) is 0 Å². The van der Waals surface area contributed by atoms with Crippen LogP contribution in [0.4, 0.5) is 14.9 Å². The molecule has 10 heteroatoms. The number of aryl methyl sites for hydroxylation is 1. The number of halogens is 1. The van der Waals surface area contributed by atoms with Gasteiger partial charge in [-0.25, -0.2) is 14.2 Å². The minimum absolute atomic E-state index is 0.0737. The van der Waals surface area contributed by atoms with E-state index >= 15 is 0 Å². The number of hydrogen-bond donors (Lipinski definition) is 2. The van der Waals surface area contributed by atoms with Crippen molar-refractivity contribution in [2.24, 2.45) is 0 Å². The number of hydrogen-bond acceptors (Lipinski definition) is 7. The summed E-state index contributed by atoms with van der Waals surface area (Å²) >= 11 is 1.42. The van der Waals surface area contributed by atoms with Crippen molar-refractivity contribution in [1.82, 2.24) is 10.1 Å². The van der Waals surface area contributed by atoms with E-state index in [1.807, 2.05) is 24.3 Å². The second-order valence-electron chi connectivity index (χ2n) is 7.86. The van der Waals surface area contributed by atoms with Crippen LogP contribution in [0.15, 0.2) is 81.3 Å². The normalized spacial score (nSPS) is 11.6. The van der Waals surface area contributed by atoms with E-state index < -0.39 is 24.0 Å². The number of pyridine rings is 1. The molecule has 0 aliphatic carbocycles. The molecule has 0 spiro atoms. The monoisotopic (exact) mass is 507 g/mol. The summed E-state index contributed by atoms with van der Waals surface area (Å²) in [7, 11) is 0. The number of carboxylic acid groups (broad SMARTS) is 1.